The van der Waals surface area contributed by atoms with Gasteiger partial charge in [-0.1, -0.05) is 35.9 Å². The first kappa shape index (κ1) is 12.1. The van der Waals surface area contributed by atoms with Crippen LogP contribution in [0.1, 0.15) is 5.56 Å². The molecule has 19 heavy (non-hydrogen) atoms. The maximum atomic E-state index is 13.2. The van der Waals surface area contributed by atoms with Crippen molar-refractivity contribution in [1.82, 2.24) is 9.97 Å². The molecule has 0 saturated carbocycles. The molecule has 0 spiro atoms. The van der Waals surface area contributed by atoms with Gasteiger partial charge in [-0.15, -0.1) is 0 Å². The lowest BCUT2D eigenvalue weighted by atomic mass is 10.1. The van der Waals surface area contributed by atoms with Crippen molar-refractivity contribution in [2.24, 2.45) is 0 Å². The van der Waals surface area contributed by atoms with Crippen molar-refractivity contribution < 1.29 is 4.39 Å². The molecule has 3 aromatic rings. The van der Waals surface area contributed by atoms with Gasteiger partial charge in [-0.05, 0) is 30.7 Å². The first-order valence-electron chi connectivity index (χ1n) is 5.84. The molecule has 0 unspecified atom stereocenters. The Morgan fingerprint density at radius 1 is 1.05 bits per heavy atom. The number of aryl methyl sites for hydroxylation is 1. The van der Waals surface area contributed by atoms with Crippen LogP contribution in [0.3, 0.4) is 0 Å². The smallest absolute Gasteiger partial charge is 0.161 e. The lowest BCUT2D eigenvalue weighted by molar-refractivity contribution is 0.628. The van der Waals surface area contributed by atoms with E-state index in [0.717, 1.165) is 16.5 Å². The van der Waals surface area contributed by atoms with Crippen molar-refractivity contribution in [3.63, 3.8) is 0 Å². The van der Waals surface area contributed by atoms with Crippen molar-refractivity contribution in [2.75, 3.05) is 0 Å². The fourth-order valence-corrected chi connectivity index (χ4v) is 2.38. The highest BCUT2D eigenvalue weighted by Gasteiger charge is 2.09. The van der Waals surface area contributed by atoms with Crippen molar-refractivity contribution in [2.45, 2.75) is 6.92 Å². The molecule has 1 heterocycles. The normalized spacial score (nSPS) is 10.9. The highest BCUT2D eigenvalue weighted by atomic mass is 35.5. The van der Waals surface area contributed by atoms with Gasteiger partial charge in [-0.25, -0.2) is 14.4 Å². The Hall–Kier alpha value is -2.00. The van der Waals surface area contributed by atoms with Crippen LogP contribution in [-0.4, -0.2) is 9.97 Å². The molecule has 4 heteroatoms. The molecule has 0 bridgehead atoms. The van der Waals surface area contributed by atoms with Crippen molar-refractivity contribution >= 4 is 22.5 Å². The molecule has 0 radical (unpaired) electrons. The van der Waals surface area contributed by atoms with Crippen LogP contribution in [0.5, 0.6) is 0 Å². The summed E-state index contributed by atoms with van der Waals surface area (Å²) in [6.07, 6.45) is 0. The molecule has 0 amide bonds. The summed E-state index contributed by atoms with van der Waals surface area (Å²) in [7, 11) is 0. The summed E-state index contributed by atoms with van der Waals surface area (Å²) in [5.41, 5.74) is 2.40. The highest BCUT2D eigenvalue weighted by Crippen LogP contribution is 2.27. The Balaban J connectivity index is 2.27. The number of halogens is 2. The van der Waals surface area contributed by atoms with Gasteiger partial charge in [0.05, 0.1) is 5.52 Å². The summed E-state index contributed by atoms with van der Waals surface area (Å²) in [5.74, 6) is 0.115. The summed E-state index contributed by atoms with van der Waals surface area (Å²) in [6.45, 7) is 1.96. The predicted molar refractivity (Wildman–Crippen MR) is 74.7 cm³/mol. The quantitative estimate of drug-likeness (QED) is 0.614. The molecular formula is C15H10ClFN2. The van der Waals surface area contributed by atoms with Crippen molar-refractivity contribution in [1.29, 1.82) is 0 Å². The van der Waals surface area contributed by atoms with Crippen LogP contribution in [-0.2, 0) is 0 Å². The first-order valence-corrected chi connectivity index (χ1v) is 6.22. The zero-order valence-electron chi connectivity index (χ0n) is 10.2. The van der Waals surface area contributed by atoms with E-state index in [9.17, 15) is 4.39 Å². The Kier molecular flexibility index (Phi) is 2.91. The molecule has 1 aromatic heterocycles. The van der Waals surface area contributed by atoms with Gasteiger partial charge in [0.1, 0.15) is 11.0 Å². The second-order valence-corrected chi connectivity index (χ2v) is 4.68. The predicted octanol–water partition coefficient (Wildman–Crippen LogP) is 4.40. The molecular weight excluding hydrogens is 263 g/mol. The Bertz CT molecular complexity index is 771. The summed E-state index contributed by atoms with van der Waals surface area (Å²) in [4.78, 5) is 8.71. The fraction of sp³-hybridized carbons (Fsp3) is 0.0667. The van der Waals surface area contributed by atoms with Gasteiger partial charge in [0.25, 0.3) is 0 Å². The molecule has 0 N–H and O–H groups in total. The third-order valence-electron chi connectivity index (χ3n) is 2.97. The third kappa shape index (κ3) is 2.17. The molecule has 0 aliphatic rings. The average Bonchev–Trinajstić information content (AvgIpc) is 2.38. The van der Waals surface area contributed by atoms with Crippen molar-refractivity contribution in [3.8, 4) is 11.4 Å². The molecule has 0 aliphatic heterocycles. The maximum Gasteiger partial charge on any atom is 0.161 e. The maximum absolute atomic E-state index is 13.2. The number of hydrogen-bond acceptors (Lipinski definition) is 2. The third-order valence-corrected chi connectivity index (χ3v) is 3.24. The Morgan fingerprint density at radius 3 is 2.63 bits per heavy atom. The zero-order chi connectivity index (χ0) is 13.4. The Morgan fingerprint density at radius 2 is 1.84 bits per heavy atom. The van der Waals surface area contributed by atoms with Gasteiger partial charge >= 0.3 is 0 Å². The lowest BCUT2D eigenvalue weighted by Gasteiger charge is -2.06. The van der Waals surface area contributed by atoms with Crippen LogP contribution in [0.2, 0.25) is 5.15 Å². The van der Waals surface area contributed by atoms with E-state index in [4.69, 9.17) is 11.6 Å². The minimum atomic E-state index is -0.318. The second-order valence-electron chi connectivity index (χ2n) is 4.32. The molecule has 2 nitrogen and oxygen atoms in total. The topological polar surface area (TPSA) is 25.8 Å². The number of hydrogen-bond donors (Lipinski definition) is 0. The van der Waals surface area contributed by atoms with Gasteiger partial charge in [0.2, 0.25) is 0 Å². The van der Waals surface area contributed by atoms with Crippen molar-refractivity contribution in [3.05, 3.63) is 59.0 Å². The molecule has 0 saturated heterocycles. The van der Waals surface area contributed by atoms with E-state index in [2.05, 4.69) is 9.97 Å². The van der Waals surface area contributed by atoms with Gasteiger partial charge < -0.3 is 0 Å². The summed E-state index contributed by atoms with van der Waals surface area (Å²) >= 11 is 6.21. The fourth-order valence-electron chi connectivity index (χ4n) is 2.06. The number of nitrogens with zero attached hydrogens (tertiary/aromatic N) is 2. The minimum absolute atomic E-state index is 0.318. The molecule has 94 valence electrons. The number of aromatic nitrogens is 2. The number of rotatable bonds is 1. The molecule has 0 atom stereocenters. The summed E-state index contributed by atoms with van der Waals surface area (Å²) < 4.78 is 13.2. The van der Waals surface area contributed by atoms with E-state index in [1.165, 1.54) is 12.1 Å². The minimum Gasteiger partial charge on any atom is -0.228 e. The molecule has 3 rings (SSSR count). The zero-order valence-corrected chi connectivity index (χ0v) is 10.9. The Labute approximate surface area is 114 Å². The monoisotopic (exact) mass is 272 g/mol. The SMILES string of the molecule is Cc1cccc2nc(-c3cccc(F)c3)nc(Cl)c12. The van der Waals surface area contributed by atoms with Crippen LogP contribution in [0, 0.1) is 12.7 Å². The average molecular weight is 273 g/mol. The highest BCUT2D eigenvalue weighted by molar-refractivity contribution is 6.34. The van der Waals surface area contributed by atoms with Gasteiger partial charge in [-0.2, -0.15) is 0 Å². The van der Waals surface area contributed by atoms with Crippen LogP contribution < -0.4 is 0 Å². The van der Waals surface area contributed by atoms with Crippen LogP contribution >= 0.6 is 11.6 Å². The second kappa shape index (κ2) is 4.59. The number of benzene rings is 2. The first-order chi connectivity index (χ1) is 9.15. The number of fused-ring (bicyclic) bond motifs is 1. The summed E-state index contributed by atoms with van der Waals surface area (Å²) in [6, 6.07) is 11.9. The summed E-state index contributed by atoms with van der Waals surface area (Å²) in [5, 5.41) is 1.23. The van der Waals surface area contributed by atoms with Crippen LogP contribution in [0.25, 0.3) is 22.3 Å². The van der Waals surface area contributed by atoms with Gasteiger partial charge in [0, 0.05) is 10.9 Å². The molecule has 0 aliphatic carbocycles. The van der Waals surface area contributed by atoms with E-state index in [-0.39, 0.29) is 5.82 Å². The van der Waals surface area contributed by atoms with E-state index >= 15 is 0 Å². The standard InChI is InChI=1S/C15H10ClFN2/c1-9-4-2-7-12-13(9)14(16)19-15(18-12)10-5-3-6-11(17)8-10/h2-8H,1H3. The van der Waals surface area contributed by atoms with Crippen LogP contribution in [0.15, 0.2) is 42.5 Å². The van der Waals surface area contributed by atoms with Gasteiger partial charge in [-0.3, -0.25) is 0 Å². The van der Waals surface area contributed by atoms with E-state index < -0.39 is 0 Å². The lowest BCUT2D eigenvalue weighted by Crippen LogP contribution is -1.93. The largest absolute Gasteiger partial charge is 0.228 e. The van der Waals surface area contributed by atoms with Crippen LogP contribution in [0.4, 0.5) is 4.39 Å². The molecule has 0 fully saturated rings. The van der Waals surface area contributed by atoms with E-state index in [1.54, 1.807) is 12.1 Å². The molecule has 2 aromatic carbocycles. The van der Waals surface area contributed by atoms with Gasteiger partial charge in [0.15, 0.2) is 5.82 Å². The van der Waals surface area contributed by atoms with E-state index in [0.29, 0.717) is 16.5 Å². The van der Waals surface area contributed by atoms with E-state index in [1.807, 2.05) is 25.1 Å².